The summed E-state index contributed by atoms with van der Waals surface area (Å²) in [6.45, 7) is 4.20. The number of carbonyl (C=O) groups excluding carboxylic acids is 1. The second-order valence-electron chi connectivity index (χ2n) is 5.18. The summed E-state index contributed by atoms with van der Waals surface area (Å²) in [6, 6.07) is 7.66. The van der Waals surface area contributed by atoms with Gasteiger partial charge in [-0.15, -0.1) is 0 Å². The first-order chi connectivity index (χ1) is 9.47. The molecule has 2 aromatic rings. The molecule has 1 aromatic heterocycles. The van der Waals surface area contributed by atoms with E-state index in [1.165, 1.54) is 0 Å². The summed E-state index contributed by atoms with van der Waals surface area (Å²) in [5, 5.41) is 3.87. The van der Waals surface area contributed by atoms with Crippen LogP contribution >= 0.6 is 0 Å². The Labute approximate surface area is 118 Å². The minimum absolute atomic E-state index is 0.00269. The van der Waals surface area contributed by atoms with Crippen LogP contribution in [0.1, 0.15) is 13.8 Å². The maximum Gasteiger partial charge on any atom is 0.239 e. The van der Waals surface area contributed by atoms with E-state index in [1.54, 1.807) is 6.20 Å². The van der Waals surface area contributed by atoms with E-state index >= 15 is 0 Å². The number of carbonyl (C=O) groups is 1. The maximum absolute atomic E-state index is 11.8. The Morgan fingerprint density at radius 3 is 2.85 bits per heavy atom. The normalized spacial score (nSPS) is 10.8. The molecule has 5 nitrogen and oxygen atoms in total. The summed E-state index contributed by atoms with van der Waals surface area (Å²) in [7, 11) is 1.89. The van der Waals surface area contributed by atoms with E-state index in [1.807, 2.05) is 50.1 Å². The number of pyridine rings is 1. The number of rotatable bonds is 4. The van der Waals surface area contributed by atoms with E-state index < -0.39 is 0 Å². The highest BCUT2D eigenvalue weighted by atomic mass is 16.2. The van der Waals surface area contributed by atoms with Gasteiger partial charge in [0, 0.05) is 36.0 Å². The fourth-order valence-corrected chi connectivity index (χ4v) is 2.15. The third kappa shape index (κ3) is 3.17. The number of nitrogens with zero attached hydrogens (tertiary/aromatic N) is 2. The Kier molecular flexibility index (Phi) is 4.08. The van der Waals surface area contributed by atoms with Crippen molar-refractivity contribution in [3.63, 3.8) is 0 Å². The van der Waals surface area contributed by atoms with Gasteiger partial charge in [-0.25, -0.2) is 0 Å². The van der Waals surface area contributed by atoms with Crippen molar-refractivity contribution in [1.29, 1.82) is 0 Å². The minimum Gasteiger partial charge on any atom is -0.399 e. The van der Waals surface area contributed by atoms with E-state index in [4.69, 9.17) is 5.73 Å². The molecule has 1 aromatic carbocycles. The lowest BCUT2D eigenvalue weighted by molar-refractivity contribution is -0.120. The third-order valence-electron chi connectivity index (χ3n) is 2.99. The Balaban J connectivity index is 2.26. The molecule has 5 heteroatoms. The lowest BCUT2D eigenvalue weighted by atomic mass is 10.1. The molecule has 2 rings (SSSR count). The summed E-state index contributed by atoms with van der Waals surface area (Å²) in [4.78, 5) is 18.1. The molecule has 1 amide bonds. The third-order valence-corrected chi connectivity index (χ3v) is 2.99. The number of hydrogen-bond donors (Lipinski definition) is 2. The first-order valence-corrected chi connectivity index (χ1v) is 6.62. The van der Waals surface area contributed by atoms with E-state index in [0.717, 1.165) is 16.6 Å². The van der Waals surface area contributed by atoms with E-state index in [9.17, 15) is 4.79 Å². The number of nitrogens with one attached hydrogen (secondary N) is 1. The van der Waals surface area contributed by atoms with Gasteiger partial charge < -0.3 is 16.0 Å². The van der Waals surface area contributed by atoms with Gasteiger partial charge in [-0.05, 0) is 38.1 Å². The lowest BCUT2D eigenvalue weighted by Crippen LogP contribution is -2.38. The van der Waals surface area contributed by atoms with Crippen molar-refractivity contribution in [3.05, 3.63) is 30.5 Å². The average Bonchev–Trinajstić information content (AvgIpc) is 2.36. The molecular formula is C15H20N4O. The van der Waals surface area contributed by atoms with Crippen LogP contribution in [-0.4, -0.2) is 30.5 Å². The summed E-state index contributed by atoms with van der Waals surface area (Å²) in [5.41, 5.74) is 8.25. The molecule has 0 bridgehead atoms. The van der Waals surface area contributed by atoms with Crippen molar-refractivity contribution in [2.75, 3.05) is 24.2 Å². The van der Waals surface area contributed by atoms with Crippen molar-refractivity contribution in [2.24, 2.45) is 0 Å². The quantitative estimate of drug-likeness (QED) is 0.832. The molecule has 0 fully saturated rings. The zero-order valence-electron chi connectivity index (χ0n) is 12.1. The fourth-order valence-electron chi connectivity index (χ4n) is 2.15. The van der Waals surface area contributed by atoms with Gasteiger partial charge >= 0.3 is 0 Å². The van der Waals surface area contributed by atoms with Gasteiger partial charge in [0.2, 0.25) is 5.91 Å². The van der Waals surface area contributed by atoms with Crippen molar-refractivity contribution in [2.45, 2.75) is 19.9 Å². The Hall–Kier alpha value is -2.30. The van der Waals surface area contributed by atoms with Crippen LogP contribution < -0.4 is 16.0 Å². The molecule has 0 spiro atoms. The predicted molar refractivity (Wildman–Crippen MR) is 82.7 cm³/mol. The van der Waals surface area contributed by atoms with Gasteiger partial charge in [0.1, 0.15) is 0 Å². The first-order valence-electron chi connectivity index (χ1n) is 6.62. The standard InChI is InChI=1S/C15H20N4O/c1-10(2)18-15(20)9-19(3)14-6-7-17-13-8-11(16)4-5-12(13)14/h4-8,10H,9,16H2,1-3H3,(H,18,20). The zero-order chi connectivity index (χ0) is 14.7. The van der Waals surface area contributed by atoms with Crippen LogP contribution in [0.15, 0.2) is 30.5 Å². The monoisotopic (exact) mass is 272 g/mol. The smallest absolute Gasteiger partial charge is 0.239 e. The van der Waals surface area contributed by atoms with Crippen LogP contribution in [0.25, 0.3) is 10.9 Å². The molecule has 0 saturated heterocycles. The molecule has 0 aliphatic heterocycles. The van der Waals surface area contributed by atoms with Crippen molar-refractivity contribution < 1.29 is 4.79 Å². The van der Waals surface area contributed by atoms with Crippen LogP contribution in [0, 0.1) is 0 Å². The highest BCUT2D eigenvalue weighted by molar-refractivity contribution is 5.94. The van der Waals surface area contributed by atoms with Crippen LogP contribution in [0.2, 0.25) is 0 Å². The Bertz CT molecular complexity index is 624. The minimum atomic E-state index is 0.00269. The lowest BCUT2D eigenvalue weighted by Gasteiger charge is -2.21. The van der Waals surface area contributed by atoms with Crippen LogP contribution in [-0.2, 0) is 4.79 Å². The molecule has 0 aliphatic rings. The number of amides is 1. The highest BCUT2D eigenvalue weighted by Crippen LogP contribution is 2.25. The first kappa shape index (κ1) is 14.1. The fraction of sp³-hybridized carbons (Fsp3) is 0.333. The summed E-state index contributed by atoms with van der Waals surface area (Å²) in [5.74, 6) is 0.00269. The molecule has 3 N–H and O–H groups in total. The molecule has 0 atom stereocenters. The van der Waals surface area contributed by atoms with Crippen LogP contribution in [0.3, 0.4) is 0 Å². The van der Waals surface area contributed by atoms with Gasteiger partial charge in [-0.2, -0.15) is 0 Å². The molecule has 106 valence electrons. The molecule has 0 saturated carbocycles. The summed E-state index contributed by atoms with van der Waals surface area (Å²) in [6.07, 6.45) is 1.73. The predicted octanol–water partition coefficient (Wildman–Crippen LogP) is 1.78. The van der Waals surface area contributed by atoms with Crippen LogP contribution in [0.5, 0.6) is 0 Å². The van der Waals surface area contributed by atoms with E-state index in [2.05, 4.69) is 10.3 Å². The largest absolute Gasteiger partial charge is 0.399 e. The molecule has 0 unspecified atom stereocenters. The Morgan fingerprint density at radius 1 is 1.40 bits per heavy atom. The number of nitrogens with two attached hydrogens (primary N) is 1. The number of likely N-dealkylation sites (N-methyl/N-ethyl adjacent to an activating group) is 1. The average molecular weight is 272 g/mol. The number of benzene rings is 1. The number of hydrogen-bond acceptors (Lipinski definition) is 4. The molecular weight excluding hydrogens is 252 g/mol. The molecule has 20 heavy (non-hydrogen) atoms. The van der Waals surface area contributed by atoms with Gasteiger partial charge in [0.25, 0.3) is 0 Å². The van der Waals surface area contributed by atoms with E-state index in [0.29, 0.717) is 12.2 Å². The van der Waals surface area contributed by atoms with Gasteiger partial charge in [0.05, 0.1) is 12.1 Å². The van der Waals surface area contributed by atoms with Crippen molar-refractivity contribution in [3.8, 4) is 0 Å². The molecule has 1 heterocycles. The van der Waals surface area contributed by atoms with Gasteiger partial charge in [-0.1, -0.05) is 0 Å². The second kappa shape index (κ2) is 5.77. The molecule has 0 aliphatic carbocycles. The van der Waals surface area contributed by atoms with Gasteiger partial charge in [-0.3, -0.25) is 9.78 Å². The van der Waals surface area contributed by atoms with Crippen molar-refractivity contribution >= 4 is 28.2 Å². The number of anilines is 2. The highest BCUT2D eigenvalue weighted by Gasteiger charge is 2.11. The topological polar surface area (TPSA) is 71.2 Å². The van der Waals surface area contributed by atoms with E-state index in [-0.39, 0.29) is 11.9 Å². The van der Waals surface area contributed by atoms with Gasteiger partial charge in [0.15, 0.2) is 0 Å². The molecule has 0 radical (unpaired) electrons. The number of fused-ring (bicyclic) bond motifs is 1. The Morgan fingerprint density at radius 2 is 2.15 bits per heavy atom. The van der Waals surface area contributed by atoms with Crippen molar-refractivity contribution in [1.82, 2.24) is 10.3 Å². The van der Waals surface area contributed by atoms with Crippen LogP contribution in [0.4, 0.5) is 11.4 Å². The maximum atomic E-state index is 11.8. The SMILES string of the molecule is CC(C)NC(=O)CN(C)c1ccnc2cc(N)ccc12. The summed E-state index contributed by atoms with van der Waals surface area (Å²) >= 11 is 0. The number of nitrogen functional groups attached to an aromatic ring is 1. The zero-order valence-corrected chi connectivity index (χ0v) is 12.1. The summed E-state index contributed by atoms with van der Waals surface area (Å²) < 4.78 is 0. The number of aromatic nitrogens is 1. The second-order valence-corrected chi connectivity index (χ2v) is 5.18.